The van der Waals surface area contributed by atoms with Gasteiger partial charge in [0.15, 0.2) is 0 Å². The highest BCUT2D eigenvalue weighted by Gasteiger charge is 2.22. The first-order valence-electron chi connectivity index (χ1n) is 6.14. The standard InChI is InChI=1S/C13H20O4/c1-3-17-13(16)11(8-12(14)15)10-6-4-9(2)5-7-10/h9H,3-8H2,1-2H3,(H,14,15). The largest absolute Gasteiger partial charge is 0.481 e. The molecule has 1 aliphatic rings. The van der Waals surface area contributed by atoms with Gasteiger partial charge in [-0.05, 0) is 38.5 Å². The van der Waals surface area contributed by atoms with E-state index in [2.05, 4.69) is 6.92 Å². The summed E-state index contributed by atoms with van der Waals surface area (Å²) >= 11 is 0. The Hall–Kier alpha value is -1.32. The molecule has 4 heteroatoms. The summed E-state index contributed by atoms with van der Waals surface area (Å²) in [5.74, 6) is -0.773. The molecule has 0 bridgehead atoms. The molecule has 0 amide bonds. The van der Waals surface area contributed by atoms with Crippen molar-refractivity contribution < 1.29 is 19.4 Å². The van der Waals surface area contributed by atoms with Gasteiger partial charge in [0.25, 0.3) is 0 Å². The average Bonchev–Trinajstić information content (AvgIpc) is 2.27. The van der Waals surface area contributed by atoms with Crippen molar-refractivity contribution in [3.63, 3.8) is 0 Å². The molecule has 0 radical (unpaired) electrons. The van der Waals surface area contributed by atoms with Crippen molar-refractivity contribution in [1.29, 1.82) is 0 Å². The summed E-state index contributed by atoms with van der Waals surface area (Å²) in [6, 6.07) is 0. The van der Waals surface area contributed by atoms with E-state index in [9.17, 15) is 9.59 Å². The van der Waals surface area contributed by atoms with Crippen LogP contribution in [0.15, 0.2) is 11.1 Å². The molecule has 1 saturated carbocycles. The summed E-state index contributed by atoms with van der Waals surface area (Å²) in [6.07, 6.45) is 3.48. The lowest BCUT2D eigenvalue weighted by Crippen LogP contribution is -2.16. The van der Waals surface area contributed by atoms with E-state index in [1.165, 1.54) is 0 Å². The number of aliphatic carboxylic acids is 1. The first-order chi connectivity index (χ1) is 8.04. The predicted octanol–water partition coefficient (Wildman–Crippen LogP) is 2.53. The van der Waals surface area contributed by atoms with E-state index in [1.807, 2.05) is 0 Å². The molecule has 0 heterocycles. The second kappa shape index (κ2) is 6.42. The Morgan fingerprint density at radius 3 is 2.41 bits per heavy atom. The molecule has 0 unspecified atom stereocenters. The molecule has 0 saturated heterocycles. The van der Waals surface area contributed by atoms with Crippen LogP contribution in [-0.4, -0.2) is 23.7 Å². The summed E-state index contributed by atoms with van der Waals surface area (Å²) in [4.78, 5) is 22.5. The molecular weight excluding hydrogens is 220 g/mol. The molecule has 4 nitrogen and oxygen atoms in total. The lowest BCUT2D eigenvalue weighted by molar-refractivity contribution is -0.142. The molecule has 0 spiro atoms. The van der Waals surface area contributed by atoms with Gasteiger partial charge in [0.2, 0.25) is 0 Å². The lowest BCUT2D eigenvalue weighted by atomic mass is 9.84. The second-order valence-electron chi connectivity index (χ2n) is 4.56. The zero-order valence-electron chi connectivity index (χ0n) is 10.5. The third-order valence-corrected chi connectivity index (χ3v) is 3.15. The fourth-order valence-electron chi connectivity index (χ4n) is 2.12. The van der Waals surface area contributed by atoms with Crippen molar-refractivity contribution >= 4 is 11.9 Å². The molecule has 17 heavy (non-hydrogen) atoms. The van der Waals surface area contributed by atoms with Crippen LogP contribution in [0.5, 0.6) is 0 Å². The summed E-state index contributed by atoms with van der Waals surface area (Å²) < 4.78 is 4.92. The maximum absolute atomic E-state index is 11.7. The number of carboxylic acid groups (broad SMARTS) is 1. The predicted molar refractivity (Wildman–Crippen MR) is 63.5 cm³/mol. The van der Waals surface area contributed by atoms with Crippen LogP contribution in [0, 0.1) is 5.92 Å². The average molecular weight is 240 g/mol. The highest BCUT2D eigenvalue weighted by Crippen LogP contribution is 2.31. The Balaban J connectivity index is 2.84. The fourth-order valence-corrected chi connectivity index (χ4v) is 2.12. The van der Waals surface area contributed by atoms with Crippen LogP contribution in [0.3, 0.4) is 0 Å². The molecule has 0 aromatic heterocycles. The summed E-state index contributed by atoms with van der Waals surface area (Å²) in [5.41, 5.74) is 1.34. The Bertz CT molecular complexity index is 320. The highest BCUT2D eigenvalue weighted by atomic mass is 16.5. The third-order valence-electron chi connectivity index (χ3n) is 3.15. The normalized spacial score (nSPS) is 19.9. The van der Waals surface area contributed by atoms with E-state index in [0.29, 0.717) is 11.5 Å². The molecule has 1 fully saturated rings. The van der Waals surface area contributed by atoms with Crippen molar-refractivity contribution in [2.75, 3.05) is 6.61 Å². The van der Waals surface area contributed by atoms with E-state index < -0.39 is 11.9 Å². The second-order valence-corrected chi connectivity index (χ2v) is 4.56. The van der Waals surface area contributed by atoms with E-state index in [-0.39, 0.29) is 13.0 Å². The smallest absolute Gasteiger partial charge is 0.334 e. The molecule has 0 aliphatic heterocycles. The van der Waals surface area contributed by atoms with E-state index in [1.54, 1.807) is 6.92 Å². The topological polar surface area (TPSA) is 63.6 Å². The number of hydrogen-bond donors (Lipinski definition) is 1. The summed E-state index contributed by atoms with van der Waals surface area (Å²) in [6.45, 7) is 4.19. The van der Waals surface area contributed by atoms with Gasteiger partial charge < -0.3 is 9.84 Å². The zero-order chi connectivity index (χ0) is 12.8. The van der Waals surface area contributed by atoms with Gasteiger partial charge in [-0.1, -0.05) is 12.5 Å². The van der Waals surface area contributed by atoms with E-state index in [4.69, 9.17) is 9.84 Å². The number of allylic oxidation sites excluding steroid dienone is 1. The van der Waals surface area contributed by atoms with E-state index >= 15 is 0 Å². The molecular formula is C13H20O4. The third kappa shape index (κ3) is 4.21. The minimum atomic E-state index is -0.973. The maximum Gasteiger partial charge on any atom is 0.334 e. The molecule has 0 aromatic carbocycles. The van der Waals surface area contributed by atoms with Gasteiger partial charge in [0.05, 0.1) is 13.0 Å². The molecule has 1 rings (SSSR count). The van der Waals surface area contributed by atoms with Gasteiger partial charge in [0.1, 0.15) is 0 Å². The van der Waals surface area contributed by atoms with Crippen molar-refractivity contribution in [3.8, 4) is 0 Å². The van der Waals surface area contributed by atoms with Crippen LogP contribution in [0.4, 0.5) is 0 Å². The number of carbonyl (C=O) groups is 2. The minimum absolute atomic E-state index is 0.220. The van der Waals surface area contributed by atoms with Crippen LogP contribution in [-0.2, 0) is 14.3 Å². The Kier molecular flexibility index (Phi) is 5.19. The van der Waals surface area contributed by atoms with Gasteiger partial charge >= 0.3 is 11.9 Å². The zero-order valence-corrected chi connectivity index (χ0v) is 10.5. The molecule has 0 aromatic rings. The first-order valence-corrected chi connectivity index (χ1v) is 6.14. The SMILES string of the molecule is CCOC(=O)C(CC(=O)O)=C1CCC(C)CC1. The first kappa shape index (κ1) is 13.7. The number of esters is 1. The van der Waals surface area contributed by atoms with Gasteiger partial charge in [-0.3, -0.25) is 4.79 Å². The molecule has 0 atom stereocenters. The monoisotopic (exact) mass is 240 g/mol. The number of ether oxygens (including phenoxy) is 1. The minimum Gasteiger partial charge on any atom is -0.481 e. The molecule has 1 N–H and O–H groups in total. The van der Waals surface area contributed by atoms with Gasteiger partial charge in [-0.25, -0.2) is 4.79 Å². The van der Waals surface area contributed by atoms with Gasteiger partial charge in [-0.15, -0.1) is 0 Å². The Labute approximate surface area is 102 Å². The van der Waals surface area contributed by atoms with Crippen LogP contribution in [0.25, 0.3) is 0 Å². The van der Waals surface area contributed by atoms with Crippen molar-refractivity contribution in [3.05, 3.63) is 11.1 Å². The van der Waals surface area contributed by atoms with Crippen molar-refractivity contribution in [1.82, 2.24) is 0 Å². The fraction of sp³-hybridized carbons (Fsp3) is 0.692. The van der Waals surface area contributed by atoms with Crippen LogP contribution in [0.2, 0.25) is 0 Å². The van der Waals surface area contributed by atoms with Crippen LogP contribution < -0.4 is 0 Å². The maximum atomic E-state index is 11.7. The van der Waals surface area contributed by atoms with Crippen molar-refractivity contribution in [2.45, 2.75) is 46.0 Å². The summed E-state index contributed by atoms with van der Waals surface area (Å²) in [7, 11) is 0. The van der Waals surface area contributed by atoms with Gasteiger partial charge in [0, 0.05) is 5.57 Å². The van der Waals surface area contributed by atoms with Gasteiger partial charge in [-0.2, -0.15) is 0 Å². The number of hydrogen-bond acceptors (Lipinski definition) is 3. The molecule has 1 aliphatic carbocycles. The molecule has 96 valence electrons. The Morgan fingerprint density at radius 1 is 1.35 bits per heavy atom. The highest BCUT2D eigenvalue weighted by molar-refractivity contribution is 5.94. The number of rotatable bonds is 4. The Morgan fingerprint density at radius 2 is 1.94 bits per heavy atom. The number of carboxylic acids is 1. The van der Waals surface area contributed by atoms with Crippen molar-refractivity contribution in [2.24, 2.45) is 5.92 Å². The van der Waals surface area contributed by atoms with Crippen LogP contribution in [0.1, 0.15) is 46.0 Å². The van der Waals surface area contributed by atoms with Crippen LogP contribution >= 0.6 is 0 Å². The van der Waals surface area contributed by atoms with E-state index in [0.717, 1.165) is 31.3 Å². The number of carbonyl (C=O) groups excluding carboxylic acids is 1. The lowest BCUT2D eigenvalue weighted by Gasteiger charge is -2.22. The quantitative estimate of drug-likeness (QED) is 0.606. The summed E-state index contributed by atoms with van der Waals surface area (Å²) in [5, 5.41) is 8.84.